The average Bonchev–Trinajstić information content (AvgIpc) is 1.81. The third-order valence-electron chi connectivity index (χ3n) is 1.43. The molecule has 0 bridgehead atoms. The minimum Gasteiger partial charge on any atom is -0.364 e. The highest BCUT2D eigenvalue weighted by Gasteiger charge is 2.37. The number of hydrogen-bond acceptors (Lipinski definition) is 4. The van der Waals surface area contributed by atoms with Crippen molar-refractivity contribution < 1.29 is 19.7 Å². The molecule has 1 saturated heterocycles. The van der Waals surface area contributed by atoms with E-state index in [1.165, 1.54) is 6.92 Å². The summed E-state index contributed by atoms with van der Waals surface area (Å²) < 4.78 is 9.75. The monoisotopic (exact) mass is 148 g/mol. The largest absolute Gasteiger partial charge is 0.364 e. The van der Waals surface area contributed by atoms with E-state index >= 15 is 0 Å². The molecular formula is C6H12O4. The van der Waals surface area contributed by atoms with Crippen LogP contribution in [-0.4, -0.2) is 35.0 Å². The first-order valence-electron chi connectivity index (χ1n) is 3.22. The Morgan fingerprint density at radius 1 is 1.60 bits per heavy atom. The highest BCUT2D eigenvalue weighted by molar-refractivity contribution is 4.70. The van der Waals surface area contributed by atoms with Gasteiger partial charge in [0.1, 0.15) is 0 Å². The summed E-state index contributed by atoms with van der Waals surface area (Å²) in [7, 11) is 0. The Bertz CT molecular complexity index is 123. The second kappa shape index (κ2) is 2.47. The normalized spacial score (nSPS) is 49.2. The Kier molecular flexibility index (Phi) is 1.96. The molecule has 0 spiro atoms. The molecule has 0 aromatic heterocycles. The molecule has 0 aromatic rings. The number of aliphatic hydroxyl groups is 2. The van der Waals surface area contributed by atoms with E-state index in [1.807, 2.05) is 0 Å². The molecule has 1 rings (SSSR count). The zero-order valence-electron chi connectivity index (χ0n) is 6.07. The fraction of sp³-hybridized carbons (Fsp3) is 1.00. The molecule has 0 amide bonds. The van der Waals surface area contributed by atoms with Gasteiger partial charge in [-0.3, -0.25) is 0 Å². The van der Waals surface area contributed by atoms with Crippen molar-refractivity contribution in [1.82, 2.24) is 0 Å². The lowest BCUT2D eigenvalue weighted by Crippen LogP contribution is -2.51. The van der Waals surface area contributed by atoms with Crippen LogP contribution in [0.2, 0.25) is 0 Å². The summed E-state index contributed by atoms with van der Waals surface area (Å²) in [6.45, 7) is 3.44. The molecule has 1 heterocycles. The number of aliphatic hydroxyl groups excluding tert-OH is 1. The lowest BCUT2D eigenvalue weighted by Gasteiger charge is -2.36. The molecule has 1 aliphatic rings. The number of rotatable bonds is 0. The Morgan fingerprint density at radius 2 is 2.20 bits per heavy atom. The van der Waals surface area contributed by atoms with Gasteiger partial charge in [-0.05, 0) is 13.8 Å². The van der Waals surface area contributed by atoms with Gasteiger partial charge in [0.2, 0.25) is 12.1 Å². The fourth-order valence-electron chi connectivity index (χ4n) is 0.743. The maximum absolute atomic E-state index is 9.16. The molecule has 0 saturated carbocycles. The average molecular weight is 148 g/mol. The van der Waals surface area contributed by atoms with Gasteiger partial charge in [-0.1, -0.05) is 0 Å². The zero-order chi connectivity index (χ0) is 7.78. The van der Waals surface area contributed by atoms with Gasteiger partial charge in [-0.25, -0.2) is 0 Å². The van der Waals surface area contributed by atoms with Crippen LogP contribution in [0.1, 0.15) is 13.8 Å². The van der Waals surface area contributed by atoms with Crippen molar-refractivity contribution >= 4 is 0 Å². The van der Waals surface area contributed by atoms with Crippen molar-refractivity contribution in [2.24, 2.45) is 0 Å². The molecule has 4 heteroatoms. The van der Waals surface area contributed by atoms with Gasteiger partial charge >= 0.3 is 0 Å². The lowest BCUT2D eigenvalue weighted by molar-refractivity contribution is -0.366. The second-order valence-electron chi connectivity index (χ2n) is 2.66. The van der Waals surface area contributed by atoms with Gasteiger partial charge in [0, 0.05) is 0 Å². The van der Waals surface area contributed by atoms with E-state index in [9.17, 15) is 0 Å². The Balaban J connectivity index is 2.52. The van der Waals surface area contributed by atoms with Crippen LogP contribution >= 0.6 is 0 Å². The van der Waals surface area contributed by atoms with Crippen LogP contribution in [0.3, 0.4) is 0 Å². The molecule has 0 aliphatic carbocycles. The molecule has 1 fully saturated rings. The van der Waals surface area contributed by atoms with E-state index in [2.05, 4.69) is 0 Å². The Hall–Kier alpha value is -0.160. The van der Waals surface area contributed by atoms with Gasteiger partial charge in [0.25, 0.3) is 0 Å². The van der Waals surface area contributed by atoms with Crippen molar-refractivity contribution in [1.29, 1.82) is 0 Å². The first-order chi connectivity index (χ1) is 4.52. The van der Waals surface area contributed by atoms with Crippen LogP contribution in [0.25, 0.3) is 0 Å². The number of hydrogen-bond donors (Lipinski definition) is 2. The quantitative estimate of drug-likeness (QED) is 0.484. The van der Waals surface area contributed by atoms with E-state index in [0.717, 1.165) is 0 Å². The summed E-state index contributed by atoms with van der Waals surface area (Å²) in [5.41, 5.74) is 0. The SMILES string of the molecule is CC1COC(C)(O)C(O)O1. The Morgan fingerprint density at radius 3 is 2.60 bits per heavy atom. The molecule has 0 aromatic carbocycles. The zero-order valence-corrected chi connectivity index (χ0v) is 6.07. The van der Waals surface area contributed by atoms with E-state index in [-0.39, 0.29) is 6.10 Å². The third-order valence-corrected chi connectivity index (χ3v) is 1.43. The minimum absolute atomic E-state index is 0.157. The molecule has 4 nitrogen and oxygen atoms in total. The van der Waals surface area contributed by atoms with Crippen LogP contribution in [0.4, 0.5) is 0 Å². The van der Waals surface area contributed by atoms with Crippen LogP contribution in [0, 0.1) is 0 Å². The molecule has 10 heavy (non-hydrogen) atoms. The van der Waals surface area contributed by atoms with Gasteiger partial charge in [0.15, 0.2) is 0 Å². The topological polar surface area (TPSA) is 58.9 Å². The van der Waals surface area contributed by atoms with Crippen molar-refractivity contribution in [2.45, 2.75) is 32.0 Å². The Labute approximate surface area is 59.4 Å². The predicted molar refractivity (Wildman–Crippen MR) is 33.1 cm³/mol. The summed E-state index contributed by atoms with van der Waals surface area (Å²) in [5, 5.41) is 18.2. The molecule has 3 atom stereocenters. The van der Waals surface area contributed by atoms with Crippen molar-refractivity contribution in [3.05, 3.63) is 0 Å². The summed E-state index contributed by atoms with van der Waals surface area (Å²) in [4.78, 5) is 0. The van der Waals surface area contributed by atoms with Gasteiger partial charge < -0.3 is 19.7 Å². The van der Waals surface area contributed by atoms with Crippen molar-refractivity contribution in [3.8, 4) is 0 Å². The molecule has 1 aliphatic heterocycles. The number of ether oxygens (including phenoxy) is 2. The molecule has 0 radical (unpaired) electrons. The van der Waals surface area contributed by atoms with E-state index in [1.54, 1.807) is 6.92 Å². The van der Waals surface area contributed by atoms with Gasteiger partial charge in [0.05, 0.1) is 12.7 Å². The highest BCUT2D eigenvalue weighted by Crippen LogP contribution is 2.20. The standard InChI is InChI=1S/C6H12O4/c1-4-3-9-6(2,8)5(7)10-4/h4-5,7-8H,3H2,1-2H3. The van der Waals surface area contributed by atoms with E-state index < -0.39 is 12.1 Å². The van der Waals surface area contributed by atoms with E-state index in [0.29, 0.717) is 6.61 Å². The van der Waals surface area contributed by atoms with Crippen LogP contribution in [-0.2, 0) is 9.47 Å². The van der Waals surface area contributed by atoms with Gasteiger partial charge in [-0.15, -0.1) is 0 Å². The van der Waals surface area contributed by atoms with Crippen molar-refractivity contribution in [3.63, 3.8) is 0 Å². The maximum Gasteiger partial charge on any atom is 0.215 e. The second-order valence-corrected chi connectivity index (χ2v) is 2.66. The maximum atomic E-state index is 9.16. The molecule has 2 N–H and O–H groups in total. The predicted octanol–water partition coefficient (Wildman–Crippen LogP) is -0.551. The first-order valence-corrected chi connectivity index (χ1v) is 3.22. The summed E-state index contributed by atoms with van der Waals surface area (Å²) >= 11 is 0. The van der Waals surface area contributed by atoms with Crippen LogP contribution in [0.15, 0.2) is 0 Å². The summed E-state index contributed by atoms with van der Waals surface area (Å²) in [5.74, 6) is -1.55. The molecule has 60 valence electrons. The van der Waals surface area contributed by atoms with Crippen LogP contribution in [0.5, 0.6) is 0 Å². The fourth-order valence-corrected chi connectivity index (χ4v) is 0.743. The first kappa shape index (κ1) is 7.94. The van der Waals surface area contributed by atoms with Gasteiger partial charge in [-0.2, -0.15) is 0 Å². The summed E-state index contributed by atoms with van der Waals surface area (Å²) in [6.07, 6.45) is -1.40. The van der Waals surface area contributed by atoms with E-state index in [4.69, 9.17) is 19.7 Å². The van der Waals surface area contributed by atoms with Crippen molar-refractivity contribution in [2.75, 3.05) is 6.61 Å². The summed E-state index contributed by atoms with van der Waals surface area (Å²) in [6, 6.07) is 0. The smallest absolute Gasteiger partial charge is 0.215 e. The highest BCUT2D eigenvalue weighted by atomic mass is 16.7. The third kappa shape index (κ3) is 1.46. The molecule has 3 unspecified atom stereocenters. The molecular weight excluding hydrogens is 136 g/mol. The van der Waals surface area contributed by atoms with Crippen LogP contribution < -0.4 is 0 Å². The minimum atomic E-state index is -1.55. The lowest BCUT2D eigenvalue weighted by atomic mass is 10.2.